The molecule has 0 radical (unpaired) electrons. The maximum Gasteiger partial charge on any atom is 0.251 e. The summed E-state index contributed by atoms with van der Waals surface area (Å²) in [5.41, 5.74) is 2.94. The maximum atomic E-state index is 13.0. The van der Waals surface area contributed by atoms with Crippen molar-refractivity contribution in [3.63, 3.8) is 0 Å². The van der Waals surface area contributed by atoms with E-state index in [0.29, 0.717) is 36.1 Å². The second-order valence-corrected chi connectivity index (χ2v) is 9.09. The normalized spacial score (nSPS) is 16.8. The van der Waals surface area contributed by atoms with Crippen LogP contribution in [0.3, 0.4) is 0 Å². The van der Waals surface area contributed by atoms with E-state index in [2.05, 4.69) is 20.5 Å². The van der Waals surface area contributed by atoms with E-state index in [1.54, 1.807) is 17.4 Å². The molecule has 1 aromatic carbocycles. The van der Waals surface area contributed by atoms with Crippen LogP contribution in [0.15, 0.2) is 36.5 Å². The van der Waals surface area contributed by atoms with E-state index in [-0.39, 0.29) is 11.9 Å². The summed E-state index contributed by atoms with van der Waals surface area (Å²) in [4.78, 5) is 18.6. The van der Waals surface area contributed by atoms with E-state index >= 15 is 0 Å². The van der Waals surface area contributed by atoms with Crippen molar-refractivity contribution in [2.75, 3.05) is 19.8 Å². The molecule has 1 fully saturated rings. The van der Waals surface area contributed by atoms with Crippen LogP contribution in [0.2, 0.25) is 0 Å². The highest BCUT2D eigenvalue weighted by molar-refractivity contribution is 7.14. The van der Waals surface area contributed by atoms with Gasteiger partial charge in [0.2, 0.25) is 0 Å². The van der Waals surface area contributed by atoms with Gasteiger partial charge >= 0.3 is 0 Å². The lowest BCUT2D eigenvalue weighted by atomic mass is 10.1. The van der Waals surface area contributed by atoms with E-state index in [9.17, 15) is 4.79 Å². The van der Waals surface area contributed by atoms with Gasteiger partial charge in [-0.2, -0.15) is 10.2 Å². The molecule has 4 rings (SSSR count). The van der Waals surface area contributed by atoms with Gasteiger partial charge in [-0.3, -0.25) is 4.79 Å². The first-order chi connectivity index (χ1) is 15.0. The average Bonchev–Trinajstić information content (AvgIpc) is 3.44. The van der Waals surface area contributed by atoms with E-state index in [0.717, 1.165) is 34.2 Å². The number of rotatable bonds is 7. The molecule has 1 saturated heterocycles. The van der Waals surface area contributed by atoms with Gasteiger partial charge in [0.25, 0.3) is 5.91 Å². The van der Waals surface area contributed by atoms with Crippen LogP contribution < -0.4 is 10.1 Å². The molecule has 1 unspecified atom stereocenters. The lowest BCUT2D eigenvalue weighted by molar-refractivity contribution is 0.0938. The van der Waals surface area contributed by atoms with Gasteiger partial charge in [-0.1, -0.05) is 0 Å². The number of aromatic nitrogens is 3. The molecular weight excluding hydrogens is 412 g/mol. The Morgan fingerprint density at radius 1 is 1.29 bits per heavy atom. The Bertz CT molecular complexity index is 1050. The third-order valence-corrected chi connectivity index (χ3v) is 6.12. The van der Waals surface area contributed by atoms with Crippen molar-refractivity contribution < 1.29 is 14.3 Å². The fraction of sp³-hybridized carbons (Fsp3) is 0.391. The number of nitrogens with zero attached hydrogens (tertiary/aromatic N) is 3. The van der Waals surface area contributed by atoms with Gasteiger partial charge in [0.15, 0.2) is 0 Å². The molecule has 3 heterocycles. The second-order valence-electron chi connectivity index (χ2n) is 7.86. The van der Waals surface area contributed by atoms with Crippen LogP contribution in [0.5, 0.6) is 5.75 Å². The molecule has 3 aromatic rings. The summed E-state index contributed by atoms with van der Waals surface area (Å²) in [5, 5.41) is 12.1. The Balaban J connectivity index is 1.56. The summed E-state index contributed by atoms with van der Waals surface area (Å²) >= 11 is 1.59. The van der Waals surface area contributed by atoms with Gasteiger partial charge in [-0.05, 0) is 57.5 Å². The van der Waals surface area contributed by atoms with Gasteiger partial charge in [0, 0.05) is 34.7 Å². The summed E-state index contributed by atoms with van der Waals surface area (Å²) in [6.45, 7) is 7.85. The number of carbonyl (C=O) groups is 1. The minimum absolute atomic E-state index is 0.195. The molecular formula is C23H26N4O3S. The number of benzene rings is 1. The lowest BCUT2D eigenvalue weighted by Gasteiger charge is -2.15. The first-order valence-corrected chi connectivity index (χ1v) is 11.2. The van der Waals surface area contributed by atoms with Gasteiger partial charge in [-0.25, -0.2) is 4.98 Å². The number of nitrogens with one attached hydrogen (secondary N) is 1. The Labute approximate surface area is 185 Å². The zero-order valence-electron chi connectivity index (χ0n) is 17.9. The van der Waals surface area contributed by atoms with Gasteiger partial charge in [0.05, 0.1) is 30.6 Å². The highest BCUT2D eigenvalue weighted by Crippen LogP contribution is 2.30. The molecule has 1 aliphatic rings. The zero-order valence-corrected chi connectivity index (χ0v) is 18.7. The summed E-state index contributed by atoms with van der Waals surface area (Å²) in [6.07, 6.45) is 2.83. The van der Waals surface area contributed by atoms with E-state index in [1.165, 1.54) is 0 Å². The molecule has 1 amide bonds. The second kappa shape index (κ2) is 9.53. The van der Waals surface area contributed by atoms with Crippen molar-refractivity contribution >= 4 is 17.2 Å². The molecule has 1 N–H and O–H groups in total. The van der Waals surface area contributed by atoms with E-state index in [1.807, 2.05) is 51.2 Å². The Kier molecular flexibility index (Phi) is 6.58. The number of amides is 1. The molecule has 0 bridgehead atoms. The average molecular weight is 439 g/mol. The van der Waals surface area contributed by atoms with Gasteiger partial charge in [-0.15, -0.1) is 11.3 Å². The monoisotopic (exact) mass is 438 g/mol. The first kappa shape index (κ1) is 21.4. The minimum atomic E-state index is -0.272. The molecule has 8 heteroatoms. The first-order valence-electron chi connectivity index (χ1n) is 10.4. The number of ether oxygens (including phenoxy) is 2. The van der Waals surface area contributed by atoms with Gasteiger partial charge < -0.3 is 14.8 Å². The number of carbonyl (C=O) groups excluding carboxylic acids is 1. The van der Waals surface area contributed by atoms with Crippen molar-refractivity contribution in [2.45, 2.75) is 33.2 Å². The molecule has 7 nitrogen and oxygen atoms in total. The largest absolute Gasteiger partial charge is 0.493 e. The van der Waals surface area contributed by atoms with E-state index in [4.69, 9.17) is 9.47 Å². The predicted octanol–water partition coefficient (Wildman–Crippen LogP) is 4.12. The topological polar surface area (TPSA) is 86.2 Å². The van der Waals surface area contributed by atoms with Crippen LogP contribution in [-0.2, 0) is 4.74 Å². The third kappa shape index (κ3) is 5.45. The van der Waals surface area contributed by atoms with Crippen LogP contribution in [-0.4, -0.2) is 40.9 Å². The molecule has 0 aliphatic carbocycles. The summed E-state index contributed by atoms with van der Waals surface area (Å²) in [5.74, 6) is 0.840. The number of aryl methyl sites for hydroxylation is 2. The number of hydrogen-bond acceptors (Lipinski definition) is 7. The summed E-state index contributed by atoms with van der Waals surface area (Å²) in [6, 6.07) is 9.07. The van der Waals surface area contributed by atoms with E-state index < -0.39 is 0 Å². The quantitative estimate of drug-likeness (QED) is 0.597. The van der Waals surface area contributed by atoms with Crippen molar-refractivity contribution in [3.8, 4) is 16.3 Å². The Morgan fingerprint density at radius 3 is 2.84 bits per heavy atom. The van der Waals surface area contributed by atoms with Crippen LogP contribution in [0, 0.1) is 19.8 Å². The molecule has 0 saturated carbocycles. The molecule has 2 atom stereocenters. The minimum Gasteiger partial charge on any atom is -0.493 e. The van der Waals surface area contributed by atoms with Crippen LogP contribution in [0.25, 0.3) is 10.6 Å². The van der Waals surface area contributed by atoms with Crippen molar-refractivity contribution in [1.29, 1.82) is 0 Å². The molecule has 31 heavy (non-hydrogen) atoms. The van der Waals surface area contributed by atoms with Crippen LogP contribution >= 0.6 is 11.3 Å². The fourth-order valence-electron chi connectivity index (χ4n) is 3.35. The van der Waals surface area contributed by atoms with Crippen LogP contribution in [0.1, 0.15) is 46.0 Å². The molecule has 2 aromatic heterocycles. The zero-order chi connectivity index (χ0) is 21.8. The Hall–Kier alpha value is -2.84. The van der Waals surface area contributed by atoms with Crippen molar-refractivity contribution in [2.24, 2.45) is 5.92 Å². The number of thiazole rings is 1. The lowest BCUT2D eigenvalue weighted by Crippen LogP contribution is -2.27. The summed E-state index contributed by atoms with van der Waals surface area (Å²) < 4.78 is 11.5. The SMILES string of the molecule is Cc1ccc(C(C)NC(=O)c2cc(OC[C@@H]3CCOC3)cc(-c3ncc(C)s3)c2)nn1. The number of hydrogen-bond donors (Lipinski definition) is 1. The van der Waals surface area contributed by atoms with Crippen molar-refractivity contribution in [1.82, 2.24) is 20.5 Å². The van der Waals surface area contributed by atoms with Crippen LogP contribution in [0.4, 0.5) is 0 Å². The summed E-state index contributed by atoms with van der Waals surface area (Å²) in [7, 11) is 0. The fourth-order valence-corrected chi connectivity index (χ4v) is 4.10. The highest BCUT2D eigenvalue weighted by Gasteiger charge is 2.19. The Morgan fingerprint density at radius 2 is 2.16 bits per heavy atom. The molecule has 162 valence electrons. The maximum absolute atomic E-state index is 13.0. The highest BCUT2D eigenvalue weighted by atomic mass is 32.1. The standard InChI is InChI=1S/C23H26N4O3S/c1-14-4-5-21(27-26-14)16(3)25-22(28)18-8-19(23-24-11-15(2)31-23)10-20(9-18)30-13-17-6-7-29-12-17/h4-5,8-11,16-17H,6-7,12-13H2,1-3H3,(H,25,28)/t16?,17-/m1/s1. The third-order valence-electron chi connectivity index (χ3n) is 5.16. The van der Waals surface area contributed by atoms with Crippen molar-refractivity contribution in [3.05, 3.63) is 58.4 Å². The predicted molar refractivity (Wildman–Crippen MR) is 119 cm³/mol. The smallest absolute Gasteiger partial charge is 0.251 e. The molecule has 1 aliphatic heterocycles. The molecule has 0 spiro atoms. The van der Waals surface area contributed by atoms with Gasteiger partial charge in [0.1, 0.15) is 10.8 Å².